The summed E-state index contributed by atoms with van der Waals surface area (Å²) < 4.78 is 5.70. The van der Waals surface area contributed by atoms with Gasteiger partial charge in [-0.2, -0.15) is 0 Å². The Morgan fingerprint density at radius 2 is 1.69 bits per heavy atom. The minimum atomic E-state index is -0.0997. The highest BCUT2D eigenvalue weighted by Gasteiger charge is 2.18. The van der Waals surface area contributed by atoms with E-state index < -0.39 is 0 Å². The van der Waals surface area contributed by atoms with Gasteiger partial charge in [0.1, 0.15) is 0 Å². The largest absolute Gasteiger partial charge is 0.377 e. The molecule has 1 aliphatic rings. The van der Waals surface area contributed by atoms with E-state index in [1.54, 1.807) is 11.8 Å². The quantitative estimate of drug-likeness (QED) is 0.478. The van der Waals surface area contributed by atoms with Crippen LogP contribution in [-0.4, -0.2) is 24.4 Å². The van der Waals surface area contributed by atoms with Crippen molar-refractivity contribution in [3.05, 3.63) is 84.4 Å². The molecular weight excluding hydrogens is 380 g/mol. The van der Waals surface area contributed by atoms with Crippen LogP contribution in [0.15, 0.2) is 83.8 Å². The third-order valence-electron chi connectivity index (χ3n) is 4.76. The van der Waals surface area contributed by atoms with Gasteiger partial charge in [-0.05, 0) is 55.3 Å². The van der Waals surface area contributed by atoms with Gasteiger partial charge in [0.15, 0.2) is 0 Å². The molecule has 3 aromatic rings. The van der Waals surface area contributed by atoms with Crippen LogP contribution in [0.5, 0.6) is 0 Å². The fraction of sp³-hybridized carbons (Fsp3) is 0.208. The number of para-hydroxylation sites is 1. The number of rotatable bonds is 7. The van der Waals surface area contributed by atoms with Crippen molar-refractivity contribution in [3.8, 4) is 0 Å². The summed E-state index contributed by atoms with van der Waals surface area (Å²) in [6, 6.07) is 25.5. The monoisotopic (exact) mass is 404 g/mol. The second kappa shape index (κ2) is 9.63. The molecule has 1 saturated heterocycles. The number of ether oxygens (including phenoxy) is 1. The predicted octanol–water partition coefficient (Wildman–Crippen LogP) is 5.95. The van der Waals surface area contributed by atoms with E-state index in [0.29, 0.717) is 5.56 Å². The van der Waals surface area contributed by atoms with Gasteiger partial charge in [0.05, 0.1) is 11.7 Å². The fourth-order valence-electron chi connectivity index (χ4n) is 3.30. The summed E-state index contributed by atoms with van der Waals surface area (Å²) in [5, 5.41) is 6.38. The second-order valence-corrected chi connectivity index (χ2v) is 8.03. The van der Waals surface area contributed by atoms with E-state index in [1.807, 2.05) is 78.9 Å². The van der Waals surface area contributed by atoms with Crippen LogP contribution in [0.1, 0.15) is 23.2 Å². The van der Waals surface area contributed by atoms with Gasteiger partial charge in [0, 0.05) is 34.3 Å². The highest BCUT2D eigenvalue weighted by molar-refractivity contribution is 7.99. The molecule has 1 amide bonds. The average Bonchev–Trinajstić information content (AvgIpc) is 3.27. The maximum absolute atomic E-state index is 12.9. The molecule has 2 N–H and O–H groups in total. The third kappa shape index (κ3) is 5.40. The fourth-order valence-corrected chi connectivity index (χ4v) is 4.42. The Labute approximate surface area is 175 Å². The molecule has 5 heteroatoms. The lowest BCUT2D eigenvalue weighted by molar-refractivity contribution is 0.102. The smallest absolute Gasteiger partial charge is 0.256 e. The zero-order valence-corrected chi connectivity index (χ0v) is 17.0. The van der Waals surface area contributed by atoms with E-state index in [9.17, 15) is 4.79 Å². The van der Waals surface area contributed by atoms with Crippen LogP contribution in [0.25, 0.3) is 0 Å². The van der Waals surface area contributed by atoms with Crippen LogP contribution in [0.3, 0.4) is 0 Å². The van der Waals surface area contributed by atoms with Crippen LogP contribution >= 0.6 is 11.8 Å². The van der Waals surface area contributed by atoms with Gasteiger partial charge in [-0.25, -0.2) is 0 Å². The minimum Gasteiger partial charge on any atom is -0.377 e. The molecule has 1 heterocycles. The molecule has 29 heavy (non-hydrogen) atoms. The predicted molar refractivity (Wildman–Crippen MR) is 120 cm³/mol. The topological polar surface area (TPSA) is 50.4 Å². The van der Waals surface area contributed by atoms with Crippen LogP contribution in [-0.2, 0) is 4.74 Å². The number of benzene rings is 3. The van der Waals surface area contributed by atoms with Crippen molar-refractivity contribution in [2.24, 2.45) is 0 Å². The molecule has 0 saturated carbocycles. The Balaban J connectivity index is 1.43. The van der Waals surface area contributed by atoms with Crippen molar-refractivity contribution in [1.29, 1.82) is 0 Å². The molecule has 1 fully saturated rings. The SMILES string of the molecule is O=C(Nc1cccc(Nc2ccccc2)c1)c1ccccc1SCC1CCCO1. The van der Waals surface area contributed by atoms with Gasteiger partial charge >= 0.3 is 0 Å². The number of amides is 1. The lowest BCUT2D eigenvalue weighted by Gasteiger charge is -2.13. The van der Waals surface area contributed by atoms with E-state index in [-0.39, 0.29) is 12.0 Å². The molecule has 0 aliphatic carbocycles. The van der Waals surface area contributed by atoms with E-state index in [1.165, 1.54) is 0 Å². The first kappa shape index (κ1) is 19.6. The van der Waals surface area contributed by atoms with Gasteiger partial charge < -0.3 is 15.4 Å². The molecule has 0 aromatic heterocycles. The summed E-state index contributed by atoms with van der Waals surface area (Å²) in [6.45, 7) is 0.848. The number of nitrogens with one attached hydrogen (secondary N) is 2. The Hall–Kier alpha value is -2.76. The highest BCUT2D eigenvalue weighted by Crippen LogP contribution is 2.28. The summed E-state index contributed by atoms with van der Waals surface area (Å²) >= 11 is 1.69. The Morgan fingerprint density at radius 3 is 2.52 bits per heavy atom. The molecule has 0 bridgehead atoms. The zero-order chi connectivity index (χ0) is 19.9. The number of carbonyl (C=O) groups is 1. The molecule has 1 unspecified atom stereocenters. The van der Waals surface area contributed by atoms with E-state index >= 15 is 0 Å². The Bertz CT molecular complexity index is 956. The van der Waals surface area contributed by atoms with Crippen LogP contribution in [0.2, 0.25) is 0 Å². The highest BCUT2D eigenvalue weighted by atomic mass is 32.2. The first-order valence-corrected chi connectivity index (χ1v) is 10.8. The summed E-state index contributed by atoms with van der Waals surface area (Å²) in [6.07, 6.45) is 2.51. The number of thioether (sulfide) groups is 1. The maximum atomic E-state index is 12.9. The number of carbonyl (C=O) groups excluding carboxylic acids is 1. The molecule has 1 aliphatic heterocycles. The zero-order valence-electron chi connectivity index (χ0n) is 16.1. The van der Waals surface area contributed by atoms with Gasteiger partial charge in [-0.1, -0.05) is 36.4 Å². The third-order valence-corrected chi connectivity index (χ3v) is 5.97. The van der Waals surface area contributed by atoms with E-state index in [2.05, 4.69) is 10.6 Å². The number of anilines is 3. The van der Waals surface area contributed by atoms with Crippen molar-refractivity contribution in [2.75, 3.05) is 23.0 Å². The lowest BCUT2D eigenvalue weighted by Crippen LogP contribution is -2.14. The van der Waals surface area contributed by atoms with Crippen LogP contribution in [0, 0.1) is 0 Å². The summed E-state index contributed by atoms with van der Waals surface area (Å²) in [4.78, 5) is 13.9. The standard InChI is InChI=1S/C24H24N2O2S/c27-24(22-13-4-5-14-23(22)29-17-21-12-7-15-28-21)26-20-11-6-10-19(16-20)25-18-8-2-1-3-9-18/h1-6,8-11,13-14,16,21,25H,7,12,15,17H2,(H,26,27). The van der Waals surface area contributed by atoms with Crippen molar-refractivity contribution in [2.45, 2.75) is 23.8 Å². The van der Waals surface area contributed by atoms with Gasteiger partial charge in [-0.3, -0.25) is 4.79 Å². The van der Waals surface area contributed by atoms with Crippen LogP contribution in [0.4, 0.5) is 17.1 Å². The Morgan fingerprint density at radius 1 is 0.931 bits per heavy atom. The average molecular weight is 405 g/mol. The second-order valence-electron chi connectivity index (χ2n) is 6.97. The lowest BCUT2D eigenvalue weighted by atomic mass is 10.2. The van der Waals surface area contributed by atoms with Gasteiger partial charge in [-0.15, -0.1) is 11.8 Å². The number of hydrogen-bond donors (Lipinski definition) is 2. The summed E-state index contributed by atoms with van der Waals surface area (Å²) in [5.41, 5.74) is 3.38. The molecule has 148 valence electrons. The van der Waals surface area contributed by atoms with Crippen molar-refractivity contribution in [3.63, 3.8) is 0 Å². The normalized spacial score (nSPS) is 15.8. The minimum absolute atomic E-state index is 0.0997. The first-order chi connectivity index (χ1) is 14.3. The molecule has 1 atom stereocenters. The van der Waals surface area contributed by atoms with Crippen molar-refractivity contribution < 1.29 is 9.53 Å². The maximum Gasteiger partial charge on any atom is 0.256 e. The molecule has 0 radical (unpaired) electrons. The van der Waals surface area contributed by atoms with Gasteiger partial charge in [0.25, 0.3) is 5.91 Å². The van der Waals surface area contributed by atoms with Crippen molar-refractivity contribution in [1.82, 2.24) is 0 Å². The first-order valence-electron chi connectivity index (χ1n) is 9.85. The molecule has 3 aromatic carbocycles. The summed E-state index contributed by atoms with van der Waals surface area (Å²) in [7, 11) is 0. The van der Waals surface area contributed by atoms with Crippen molar-refractivity contribution >= 4 is 34.7 Å². The van der Waals surface area contributed by atoms with Crippen LogP contribution < -0.4 is 10.6 Å². The molecular formula is C24H24N2O2S. The molecule has 0 spiro atoms. The number of hydrogen-bond acceptors (Lipinski definition) is 4. The molecule has 4 rings (SSSR count). The molecule has 4 nitrogen and oxygen atoms in total. The van der Waals surface area contributed by atoms with E-state index in [0.717, 1.165) is 47.2 Å². The van der Waals surface area contributed by atoms with E-state index in [4.69, 9.17) is 4.74 Å². The van der Waals surface area contributed by atoms with Gasteiger partial charge in [0.2, 0.25) is 0 Å². The summed E-state index contributed by atoms with van der Waals surface area (Å²) in [5.74, 6) is 0.776. The Kier molecular flexibility index (Phi) is 6.49.